The Morgan fingerprint density at radius 1 is 1.11 bits per heavy atom. The summed E-state index contributed by atoms with van der Waals surface area (Å²) in [7, 11) is 1.59. The molecule has 1 unspecified atom stereocenters. The quantitative estimate of drug-likeness (QED) is 0.855. The Morgan fingerprint density at radius 3 is 2.61 bits per heavy atom. The second kappa shape index (κ2) is 4.98. The summed E-state index contributed by atoms with van der Waals surface area (Å²) in [5.41, 5.74) is 1.75. The predicted octanol–water partition coefficient (Wildman–Crippen LogP) is 2.76. The van der Waals surface area contributed by atoms with Crippen molar-refractivity contribution < 1.29 is 9.76 Å². The van der Waals surface area contributed by atoms with Gasteiger partial charge in [0.15, 0.2) is 6.29 Å². The number of halogens is 1. The predicted molar refractivity (Wildman–Crippen MR) is 73.4 cm³/mol. The first kappa shape index (κ1) is 12.1. The lowest BCUT2D eigenvalue weighted by Crippen LogP contribution is -2.11. The second-order valence-corrected chi connectivity index (χ2v) is 5.54. The molecule has 1 heterocycles. The van der Waals surface area contributed by atoms with Gasteiger partial charge in [-0.05, 0) is 35.8 Å². The van der Waals surface area contributed by atoms with Crippen molar-refractivity contribution in [2.75, 3.05) is 0 Å². The van der Waals surface area contributed by atoms with E-state index in [9.17, 15) is 5.11 Å². The standard InChI is InChI=1S/C13H9BClO2S/c15-8-1-3-9(4-2-8)18-10-5-6-11-12(7-10)14-17-13(11)16/h1-7,13,16H. The Kier molecular flexibility index (Phi) is 3.35. The highest BCUT2D eigenvalue weighted by atomic mass is 35.5. The molecule has 0 bridgehead atoms. The number of benzene rings is 2. The molecule has 3 rings (SSSR count). The number of rotatable bonds is 2. The zero-order valence-electron chi connectivity index (χ0n) is 9.34. The lowest BCUT2D eigenvalue weighted by atomic mass is 9.87. The first-order chi connectivity index (χ1) is 8.72. The zero-order chi connectivity index (χ0) is 12.5. The lowest BCUT2D eigenvalue weighted by Gasteiger charge is -2.06. The molecule has 18 heavy (non-hydrogen) atoms. The van der Waals surface area contributed by atoms with Gasteiger partial charge in [-0.25, -0.2) is 0 Å². The van der Waals surface area contributed by atoms with Gasteiger partial charge in [0.25, 0.3) is 0 Å². The summed E-state index contributed by atoms with van der Waals surface area (Å²) in [6.07, 6.45) is -0.824. The van der Waals surface area contributed by atoms with Crippen LogP contribution in [0, 0.1) is 0 Å². The molecule has 0 amide bonds. The van der Waals surface area contributed by atoms with E-state index < -0.39 is 6.29 Å². The highest BCUT2D eigenvalue weighted by molar-refractivity contribution is 7.99. The Hall–Kier alpha value is -0.935. The van der Waals surface area contributed by atoms with Gasteiger partial charge < -0.3 is 9.76 Å². The summed E-state index contributed by atoms with van der Waals surface area (Å²) in [4.78, 5) is 2.23. The summed E-state index contributed by atoms with van der Waals surface area (Å²) in [5.74, 6) is 0. The summed E-state index contributed by atoms with van der Waals surface area (Å²) < 4.78 is 5.05. The van der Waals surface area contributed by atoms with Crippen LogP contribution in [0.5, 0.6) is 0 Å². The number of hydrogen-bond donors (Lipinski definition) is 1. The van der Waals surface area contributed by atoms with Gasteiger partial charge >= 0.3 is 7.48 Å². The van der Waals surface area contributed by atoms with Crippen LogP contribution in [0.25, 0.3) is 0 Å². The Balaban J connectivity index is 1.84. The van der Waals surface area contributed by atoms with Crippen LogP contribution in [0.3, 0.4) is 0 Å². The Morgan fingerprint density at radius 2 is 1.83 bits per heavy atom. The minimum atomic E-state index is -0.824. The summed E-state index contributed by atoms with van der Waals surface area (Å²) in [6, 6.07) is 13.6. The van der Waals surface area contributed by atoms with Gasteiger partial charge in [-0.3, -0.25) is 0 Å². The normalized spacial score (nSPS) is 17.3. The van der Waals surface area contributed by atoms with Gasteiger partial charge in [-0.1, -0.05) is 35.5 Å². The van der Waals surface area contributed by atoms with E-state index >= 15 is 0 Å². The van der Waals surface area contributed by atoms with Crippen LogP contribution in [0.1, 0.15) is 11.9 Å². The molecule has 1 aliphatic heterocycles. The van der Waals surface area contributed by atoms with Crippen molar-refractivity contribution in [3.05, 3.63) is 53.1 Å². The van der Waals surface area contributed by atoms with E-state index in [1.165, 1.54) is 0 Å². The minimum absolute atomic E-state index is 0.734. The van der Waals surface area contributed by atoms with Crippen LogP contribution in [0.2, 0.25) is 5.02 Å². The first-order valence-corrected chi connectivity index (χ1v) is 6.66. The molecular formula is C13H9BClO2S. The van der Waals surface area contributed by atoms with Crippen LogP contribution >= 0.6 is 23.4 Å². The van der Waals surface area contributed by atoms with Crippen molar-refractivity contribution in [1.29, 1.82) is 0 Å². The molecule has 1 aliphatic rings. The highest BCUT2D eigenvalue weighted by Crippen LogP contribution is 2.29. The van der Waals surface area contributed by atoms with Crippen molar-refractivity contribution >= 4 is 36.3 Å². The van der Waals surface area contributed by atoms with E-state index in [2.05, 4.69) is 0 Å². The molecule has 1 N–H and O–H groups in total. The van der Waals surface area contributed by atoms with E-state index in [-0.39, 0.29) is 0 Å². The van der Waals surface area contributed by atoms with Gasteiger partial charge in [-0.2, -0.15) is 0 Å². The van der Waals surface area contributed by atoms with E-state index in [0.717, 1.165) is 25.8 Å². The SMILES string of the molecule is OC1O[B]c2cc(Sc3ccc(Cl)cc3)ccc21. The van der Waals surface area contributed by atoms with Gasteiger partial charge in [0.2, 0.25) is 0 Å². The molecule has 2 aromatic carbocycles. The maximum Gasteiger partial charge on any atom is 0.334 e. The molecular weight excluding hydrogens is 266 g/mol. The first-order valence-electron chi connectivity index (χ1n) is 5.46. The molecule has 0 saturated carbocycles. The Labute approximate surface area is 115 Å². The van der Waals surface area contributed by atoms with Crippen molar-refractivity contribution in [3.8, 4) is 0 Å². The monoisotopic (exact) mass is 275 g/mol. The topological polar surface area (TPSA) is 29.5 Å². The van der Waals surface area contributed by atoms with Crippen molar-refractivity contribution in [2.45, 2.75) is 16.1 Å². The van der Waals surface area contributed by atoms with Crippen molar-refractivity contribution in [1.82, 2.24) is 0 Å². The molecule has 5 heteroatoms. The molecule has 89 valence electrons. The van der Waals surface area contributed by atoms with Gasteiger partial charge in [0.05, 0.1) is 0 Å². The number of fused-ring (bicyclic) bond motifs is 1. The van der Waals surface area contributed by atoms with E-state index in [1.807, 2.05) is 42.5 Å². The number of aliphatic hydroxyl groups is 1. The van der Waals surface area contributed by atoms with Gasteiger partial charge in [0.1, 0.15) is 0 Å². The highest BCUT2D eigenvalue weighted by Gasteiger charge is 2.22. The summed E-state index contributed by atoms with van der Waals surface area (Å²) in [5, 5.41) is 10.3. The molecule has 0 spiro atoms. The van der Waals surface area contributed by atoms with Crippen molar-refractivity contribution in [2.24, 2.45) is 0 Å². The molecule has 0 aromatic heterocycles. The van der Waals surface area contributed by atoms with Crippen LogP contribution in [0.15, 0.2) is 52.3 Å². The smallest absolute Gasteiger partial charge is 0.334 e. The maximum atomic E-state index is 9.52. The largest absolute Gasteiger partial charge is 0.407 e. The van der Waals surface area contributed by atoms with Crippen LogP contribution in [-0.2, 0) is 4.65 Å². The van der Waals surface area contributed by atoms with Crippen molar-refractivity contribution in [3.63, 3.8) is 0 Å². The third-order valence-electron chi connectivity index (χ3n) is 2.70. The van der Waals surface area contributed by atoms with E-state index in [4.69, 9.17) is 16.3 Å². The molecule has 1 atom stereocenters. The minimum Gasteiger partial charge on any atom is -0.407 e. The fraction of sp³-hybridized carbons (Fsp3) is 0.0769. The lowest BCUT2D eigenvalue weighted by molar-refractivity contribution is -0.00795. The van der Waals surface area contributed by atoms with Crippen LogP contribution < -0.4 is 5.46 Å². The van der Waals surface area contributed by atoms with Crippen LogP contribution in [0.4, 0.5) is 0 Å². The Bertz CT molecular complexity index is 574. The zero-order valence-corrected chi connectivity index (χ0v) is 10.9. The van der Waals surface area contributed by atoms with Gasteiger partial charge in [0, 0.05) is 20.4 Å². The average Bonchev–Trinajstić information content (AvgIpc) is 2.74. The fourth-order valence-corrected chi connectivity index (χ4v) is 2.79. The molecule has 2 aromatic rings. The molecule has 0 saturated heterocycles. The summed E-state index contributed by atoms with van der Waals surface area (Å²) in [6.45, 7) is 0. The third kappa shape index (κ3) is 2.42. The second-order valence-electron chi connectivity index (χ2n) is 3.95. The third-order valence-corrected chi connectivity index (χ3v) is 3.95. The van der Waals surface area contributed by atoms with Crippen LogP contribution in [-0.4, -0.2) is 12.6 Å². The fourth-order valence-electron chi connectivity index (χ4n) is 1.79. The molecule has 2 nitrogen and oxygen atoms in total. The average molecular weight is 276 g/mol. The molecule has 0 fully saturated rings. The van der Waals surface area contributed by atoms with Gasteiger partial charge in [-0.15, -0.1) is 0 Å². The summed E-state index contributed by atoms with van der Waals surface area (Å²) >= 11 is 7.50. The van der Waals surface area contributed by atoms with E-state index in [1.54, 1.807) is 19.2 Å². The number of aliphatic hydroxyl groups excluding tert-OH is 1. The number of hydrogen-bond acceptors (Lipinski definition) is 3. The molecule has 0 aliphatic carbocycles. The van der Waals surface area contributed by atoms with E-state index in [0.29, 0.717) is 0 Å². The molecule has 1 radical (unpaired) electrons. The maximum absolute atomic E-state index is 9.52.